The summed E-state index contributed by atoms with van der Waals surface area (Å²) in [5, 5.41) is 2.72. The number of para-hydroxylation sites is 1. The van der Waals surface area contributed by atoms with Gasteiger partial charge in [0.05, 0.1) is 20.6 Å². The number of nitrogens with one attached hydrogen (secondary N) is 1. The van der Waals surface area contributed by atoms with Gasteiger partial charge < -0.3 is 19.5 Å². The van der Waals surface area contributed by atoms with E-state index in [9.17, 15) is 9.59 Å². The minimum absolute atomic E-state index is 0.0494. The lowest BCUT2D eigenvalue weighted by molar-refractivity contribution is -0.141. The molecule has 0 aromatic heterocycles. The summed E-state index contributed by atoms with van der Waals surface area (Å²) in [5.41, 5.74) is 0.282. The first kappa shape index (κ1) is 18.8. The van der Waals surface area contributed by atoms with Gasteiger partial charge in [-0.05, 0) is 38.8 Å². The minimum Gasteiger partial charge on any atom is -0.496 e. The average Bonchev–Trinajstić information content (AvgIpc) is 2.45. The van der Waals surface area contributed by atoms with E-state index in [1.165, 1.54) is 7.11 Å². The Hall–Kier alpha value is -2.24. The highest BCUT2D eigenvalue weighted by molar-refractivity contribution is 5.73. The smallest absolute Gasteiger partial charge is 0.407 e. The first-order valence-corrected chi connectivity index (χ1v) is 7.43. The van der Waals surface area contributed by atoms with Crippen molar-refractivity contribution >= 4 is 12.1 Å². The molecule has 0 saturated carbocycles. The second-order valence-corrected chi connectivity index (χ2v) is 6.14. The number of benzene rings is 1. The summed E-state index contributed by atoms with van der Waals surface area (Å²) >= 11 is 0. The zero-order chi connectivity index (χ0) is 17.5. The van der Waals surface area contributed by atoms with Crippen molar-refractivity contribution in [3.05, 3.63) is 29.8 Å². The maximum Gasteiger partial charge on any atom is 0.407 e. The SMILES string of the molecule is COC(=O)C[C@@H](Cc1ccccc1OC)NC(=O)OC(C)(C)C. The summed E-state index contributed by atoms with van der Waals surface area (Å²) in [6, 6.07) is 7.01. The van der Waals surface area contributed by atoms with Crippen LogP contribution in [-0.4, -0.2) is 37.9 Å². The minimum atomic E-state index is -0.607. The van der Waals surface area contributed by atoms with Gasteiger partial charge in [-0.2, -0.15) is 0 Å². The monoisotopic (exact) mass is 323 g/mol. The van der Waals surface area contributed by atoms with Crippen LogP contribution in [0.25, 0.3) is 0 Å². The zero-order valence-electron chi connectivity index (χ0n) is 14.3. The van der Waals surface area contributed by atoms with Crippen LogP contribution < -0.4 is 10.1 Å². The van der Waals surface area contributed by atoms with Crippen LogP contribution in [0.15, 0.2) is 24.3 Å². The molecule has 1 amide bonds. The molecule has 128 valence electrons. The lowest BCUT2D eigenvalue weighted by Crippen LogP contribution is -2.41. The fraction of sp³-hybridized carbons (Fsp3) is 0.529. The van der Waals surface area contributed by atoms with Crippen LogP contribution >= 0.6 is 0 Å². The van der Waals surface area contributed by atoms with E-state index in [0.29, 0.717) is 12.2 Å². The molecule has 0 heterocycles. The van der Waals surface area contributed by atoms with Gasteiger partial charge >= 0.3 is 12.1 Å². The third-order valence-electron chi connectivity index (χ3n) is 3.02. The number of ether oxygens (including phenoxy) is 3. The summed E-state index contributed by atoms with van der Waals surface area (Å²) in [7, 11) is 2.89. The third kappa shape index (κ3) is 7.04. The maximum absolute atomic E-state index is 12.0. The average molecular weight is 323 g/mol. The Morgan fingerprint density at radius 1 is 1.17 bits per heavy atom. The number of carbonyl (C=O) groups is 2. The number of rotatable bonds is 6. The van der Waals surface area contributed by atoms with E-state index in [-0.39, 0.29) is 6.42 Å². The van der Waals surface area contributed by atoms with Crippen LogP contribution in [0, 0.1) is 0 Å². The highest BCUT2D eigenvalue weighted by Gasteiger charge is 2.22. The largest absolute Gasteiger partial charge is 0.496 e. The molecule has 0 saturated heterocycles. The molecule has 6 heteroatoms. The molecule has 0 radical (unpaired) electrons. The van der Waals surface area contributed by atoms with E-state index in [1.54, 1.807) is 27.9 Å². The van der Waals surface area contributed by atoms with Crippen molar-refractivity contribution in [3.63, 3.8) is 0 Å². The van der Waals surface area contributed by atoms with E-state index < -0.39 is 23.7 Å². The Kier molecular flexibility index (Phi) is 6.88. The molecule has 23 heavy (non-hydrogen) atoms. The Bertz CT molecular complexity index is 536. The Morgan fingerprint density at radius 2 is 1.83 bits per heavy atom. The van der Waals surface area contributed by atoms with Crippen molar-refractivity contribution in [3.8, 4) is 5.75 Å². The van der Waals surface area contributed by atoms with E-state index in [1.807, 2.05) is 24.3 Å². The quantitative estimate of drug-likeness (QED) is 0.815. The van der Waals surface area contributed by atoms with Crippen LogP contribution in [0.2, 0.25) is 0 Å². The van der Waals surface area contributed by atoms with Gasteiger partial charge in [0.1, 0.15) is 11.4 Å². The fourth-order valence-electron chi connectivity index (χ4n) is 2.07. The first-order chi connectivity index (χ1) is 10.7. The number of amides is 1. The standard InChI is InChI=1S/C17H25NO5/c1-17(2,3)23-16(20)18-13(11-15(19)22-5)10-12-8-6-7-9-14(12)21-4/h6-9,13H,10-11H2,1-5H3,(H,18,20)/t13-/m1/s1. The fourth-order valence-corrected chi connectivity index (χ4v) is 2.07. The number of hydrogen-bond donors (Lipinski definition) is 1. The highest BCUT2D eigenvalue weighted by Crippen LogP contribution is 2.20. The van der Waals surface area contributed by atoms with Gasteiger partial charge in [0, 0.05) is 6.04 Å². The highest BCUT2D eigenvalue weighted by atomic mass is 16.6. The lowest BCUT2D eigenvalue weighted by atomic mass is 10.0. The van der Waals surface area contributed by atoms with Crippen molar-refractivity contribution < 1.29 is 23.8 Å². The van der Waals surface area contributed by atoms with Gasteiger partial charge in [0.15, 0.2) is 0 Å². The van der Waals surface area contributed by atoms with Crippen molar-refractivity contribution in [2.75, 3.05) is 14.2 Å². The van der Waals surface area contributed by atoms with Gasteiger partial charge in [-0.3, -0.25) is 4.79 Å². The van der Waals surface area contributed by atoms with Crippen LogP contribution in [0.4, 0.5) is 4.79 Å². The molecule has 0 aliphatic heterocycles. The molecule has 0 spiro atoms. The molecule has 0 bridgehead atoms. The molecule has 1 aromatic carbocycles. The van der Waals surface area contributed by atoms with Gasteiger partial charge in [-0.25, -0.2) is 4.79 Å². The van der Waals surface area contributed by atoms with Crippen LogP contribution in [0.1, 0.15) is 32.8 Å². The number of alkyl carbamates (subject to hydrolysis) is 1. The van der Waals surface area contributed by atoms with Gasteiger partial charge in [0.25, 0.3) is 0 Å². The van der Waals surface area contributed by atoms with Crippen molar-refractivity contribution in [1.82, 2.24) is 5.32 Å². The molecule has 0 aliphatic rings. The van der Waals surface area contributed by atoms with Crippen molar-refractivity contribution in [1.29, 1.82) is 0 Å². The summed E-state index contributed by atoms with van der Waals surface area (Å²) in [6.07, 6.45) is -0.0899. The number of methoxy groups -OCH3 is 2. The van der Waals surface area contributed by atoms with E-state index in [4.69, 9.17) is 14.2 Å². The summed E-state index contributed by atoms with van der Waals surface area (Å²) in [5.74, 6) is 0.300. The normalized spacial score (nSPS) is 12.2. The number of carbonyl (C=O) groups excluding carboxylic acids is 2. The van der Waals surface area contributed by atoms with Crippen LogP contribution in [0.3, 0.4) is 0 Å². The lowest BCUT2D eigenvalue weighted by Gasteiger charge is -2.23. The summed E-state index contributed by atoms with van der Waals surface area (Å²) < 4.78 is 15.2. The van der Waals surface area contributed by atoms with E-state index in [2.05, 4.69) is 5.32 Å². The molecular formula is C17H25NO5. The summed E-state index contributed by atoms with van der Waals surface area (Å²) in [6.45, 7) is 5.34. The summed E-state index contributed by atoms with van der Waals surface area (Å²) in [4.78, 5) is 23.6. The van der Waals surface area contributed by atoms with Crippen LogP contribution in [0.5, 0.6) is 5.75 Å². The Labute approximate surface area is 137 Å². The molecule has 1 atom stereocenters. The molecule has 1 aromatic rings. The second kappa shape index (κ2) is 8.41. The van der Waals surface area contributed by atoms with Gasteiger partial charge in [-0.15, -0.1) is 0 Å². The van der Waals surface area contributed by atoms with Crippen LogP contribution in [-0.2, 0) is 20.7 Å². The van der Waals surface area contributed by atoms with E-state index in [0.717, 1.165) is 5.56 Å². The number of hydrogen-bond acceptors (Lipinski definition) is 5. The first-order valence-electron chi connectivity index (χ1n) is 7.43. The van der Waals surface area contributed by atoms with E-state index >= 15 is 0 Å². The molecular weight excluding hydrogens is 298 g/mol. The van der Waals surface area contributed by atoms with Crippen molar-refractivity contribution in [2.45, 2.75) is 45.3 Å². The molecule has 1 rings (SSSR count). The molecule has 0 aliphatic carbocycles. The predicted molar refractivity (Wildman–Crippen MR) is 86.5 cm³/mol. The molecule has 0 unspecified atom stereocenters. The van der Waals surface area contributed by atoms with Gasteiger partial charge in [0.2, 0.25) is 0 Å². The number of esters is 1. The third-order valence-corrected chi connectivity index (χ3v) is 3.02. The Morgan fingerprint density at radius 3 is 2.39 bits per heavy atom. The zero-order valence-corrected chi connectivity index (χ0v) is 14.3. The van der Waals surface area contributed by atoms with Gasteiger partial charge in [-0.1, -0.05) is 18.2 Å². The second-order valence-electron chi connectivity index (χ2n) is 6.14. The molecule has 0 fully saturated rings. The Balaban J connectivity index is 2.83. The molecule has 1 N–H and O–H groups in total. The molecule has 6 nitrogen and oxygen atoms in total. The maximum atomic E-state index is 12.0. The van der Waals surface area contributed by atoms with Crippen molar-refractivity contribution in [2.24, 2.45) is 0 Å². The topological polar surface area (TPSA) is 73.9 Å². The predicted octanol–water partition coefficient (Wildman–Crippen LogP) is 2.69.